The van der Waals surface area contributed by atoms with E-state index < -0.39 is 46.5 Å². The van der Waals surface area contributed by atoms with Gasteiger partial charge in [-0.15, -0.1) is 0 Å². The zero-order chi connectivity index (χ0) is 8.12. The zero-order valence-electron chi connectivity index (χ0n) is 7.01. The SMILES string of the molecule is [Ba+2].[H-].[H-].[O]=[Al][OH].[O]=[Al][OH].[O]=[Al][OH]. The van der Waals surface area contributed by atoms with E-state index in [1.165, 1.54) is 0 Å². The van der Waals surface area contributed by atoms with Crippen molar-refractivity contribution in [2.75, 3.05) is 0 Å². The van der Waals surface area contributed by atoms with E-state index in [1.54, 1.807) is 0 Å². The molecule has 0 spiro atoms. The predicted molar refractivity (Wildman–Crippen MR) is 34.0 cm³/mol. The molecule has 0 amide bonds. The molecule has 52 valence electrons. The van der Waals surface area contributed by atoms with Gasteiger partial charge in [0.15, 0.2) is 0 Å². The normalized spacial score (nSPS) is 2.40. The second-order valence-electron chi connectivity index (χ2n) is 0.316. The topological polar surface area (TPSA) is 112 Å². The van der Waals surface area contributed by atoms with Gasteiger partial charge in [0.2, 0.25) is 0 Å². The summed E-state index contributed by atoms with van der Waals surface area (Å²) in [6.07, 6.45) is 0. The summed E-state index contributed by atoms with van der Waals surface area (Å²) < 4.78 is 47.0. The summed E-state index contributed by atoms with van der Waals surface area (Å²) in [6, 6.07) is 0. The zero-order valence-corrected chi connectivity index (χ0v) is 12.9. The maximum absolute atomic E-state index is 8.57. The number of rotatable bonds is 0. The molecule has 10 heavy (non-hydrogen) atoms. The molecule has 0 aromatic heterocycles. The van der Waals surface area contributed by atoms with Crippen LogP contribution in [-0.4, -0.2) is 108 Å². The molecule has 0 unspecified atom stereocenters. The molecule has 6 nitrogen and oxygen atoms in total. The van der Waals surface area contributed by atoms with Crippen molar-refractivity contribution in [3.8, 4) is 0 Å². The van der Waals surface area contributed by atoms with Crippen molar-refractivity contribution < 1.29 is 26.7 Å². The van der Waals surface area contributed by atoms with E-state index in [4.69, 9.17) is 23.9 Å². The van der Waals surface area contributed by atoms with Crippen LogP contribution in [0.5, 0.6) is 0 Å². The van der Waals surface area contributed by atoms with Crippen LogP contribution in [0, 0.1) is 0 Å². The van der Waals surface area contributed by atoms with Gasteiger partial charge in [-0.2, -0.15) is 0 Å². The molecule has 0 saturated carbocycles. The Kier molecular flexibility index (Phi) is 100. The molecule has 3 N–H and O–H groups in total. The first-order chi connectivity index (χ1) is 4.24. The Balaban J connectivity index is -0.00000001000. The fourth-order valence-electron chi connectivity index (χ4n) is 0. The summed E-state index contributed by atoms with van der Waals surface area (Å²) in [4.78, 5) is 0. The predicted octanol–water partition coefficient (Wildman–Crippen LogP) is -3.33. The van der Waals surface area contributed by atoms with E-state index in [1.807, 2.05) is 0 Å². The second-order valence-corrected chi connectivity index (χ2v) is 0.949. The van der Waals surface area contributed by atoms with Gasteiger partial charge in [0.25, 0.3) is 0 Å². The van der Waals surface area contributed by atoms with Crippen LogP contribution in [0.1, 0.15) is 2.85 Å². The molecule has 0 rings (SSSR count). The van der Waals surface area contributed by atoms with Gasteiger partial charge in [0, 0.05) is 0 Å². The van der Waals surface area contributed by atoms with Gasteiger partial charge in [0.05, 0.1) is 0 Å². The summed E-state index contributed by atoms with van der Waals surface area (Å²) in [5.74, 6) is 0. The van der Waals surface area contributed by atoms with Crippen LogP contribution >= 0.6 is 0 Å². The Morgan fingerprint density at radius 2 is 0.800 bits per heavy atom. The molecule has 0 aromatic rings. The average molecular weight is 319 g/mol. The standard InChI is InChI=1S/3Al.Ba.3H2O.3O.2H/h;;;;3*1H2;;;;;/q3*+1;+2;;;;;;;2*-1/p-3. The van der Waals surface area contributed by atoms with Gasteiger partial charge in [-0.1, -0.05) is 0 Å². The molecule has 0 aliphatic heterocycles. The Labute approximate surface area is 120 Å². The molecule has 0 saturated heterocycles. The van der Waals surface area contributed by atoms with Gasteiger partial charge in [-0.05, 0) is 0 Å². The van der Waals surface area contributed by atoms with Crippen molar-refractivity contribution in [3.63, 3.8) is 0 Å². The van der Waals surface area contributed by atoms with Crippen LogP contribution in [0.15, 0.2) is 0 Å². The van der Waals surface area contributed by atoms with E-state index in [0.29, 0.717) is 0 Å². The van der Waals surface area contributed by atoms with E-state index in [2.05, 4.69) is 0 Å². The third-order valence-corrected chi connectivity index (χ3v) is 0. The molecule has 0 fully saturated rings. The van der Waals surface area contributed by atoms with E-state index >= 15 is 0 Å². The van der Waals surface area contributed by atoms with Crippen molar-refractivity contribution in [3.05, 3.63) is 0 Å². The second kappa shape index (κ2) is 44.2. The Hall–Kier alpha value is 1.97. The summed E-state index contributed by atoms with van der Waals surface area (Å²) in [5, 5.41) is 0. The Bertz CT molecular complexity index is 57.5. The first kappa shape index (κ1) is 22.7. The first-order valence-electron chi connectivity index (χ1n) is 1.48. The molecule has 0 aliphatic carbocycles. The molecule has 0 atom stereocenters. The molecular weight excluding hydrogens is 314 g/mol. The summed E-state index contributed by atoms with van der Waals surface area (Å²) in [6.45, 7) is 0. The van der Waals surface area contributed by atoms with Gasteiger partial charge >= 0.3 is 119 Å². The quantitative estimate of drug-likeness (QED) is 0.403. The van der Waals surface area contributed by atoms with Crippen LogP contribution in [0.3, 0.4) is 0 Å². The monoisotopic (exact) mass is 320 g/mol. The molecule has 10 heteroatoms. The third kappa shape index (κ3) is 207. The van der Waals surface area contributed by atoms with Crippen molar-refractivity contribution in [1.82, 2.24) is 0 Å². The van der Waals surface area contributed by atoms with Crippen molar-refractivity contribution in [2.24, 2.45) is 0 Å². The van der Waals surface area contributed by atoms with Gasteiger partial charge in [-0.25, -0.2) is 0 Å². The first-order valence-corrected chi connectivity index (χ1v) is 4.45. The van der Waals surface area contributed by atoms with Crippen LogP contribution < -0.4 is 0 Å². The third-order valence-electron chi connectivity index (χ3n) is 0. The fraction of sp³-hybridized carbons (Fsp3) is 0. The molecule has 0 aliphatic rings. The molecule has 0 bridgehead atoms. The van der Waals surface area contributed by atoms with Gasteiger partial charge in [-0.3, -0.25) is 0 Å². The van der Waals surface area contributed by atoms with Crippen molar-refractivity contribution >= 4 is 95.3 Å². The minimum atomic E-state index is -1.50. The Morgan fingerprint density at radius 3 is 0.800 bits per heavy atom. The van der Waals surface area contributed by atoms with Crippen LogP contribution in [0.2, 0.25) is 0 Å². The van der Waals surface area contributed by atoms with Gasteiger partial charge in [0.1, 0.15) is 0 Å². The van der Waals surface area contributed by atoms with E-state index in [-0.39, 0.29) is 51.7 Å². The number of hydrogen-bond acceptors (Lipinski definition) is 3. The van der Waals surface area contributed by atoms with Gasteiger partial charge < -0.3 is 2.85 Å². The van der Waals surface area contributed by atoms with Crippen molar-refractivity contribution in [1.29, 1.82) is 0 Å². The van der Waals surface area contributed by atoms with Crippen molar-refractivity contribution in [2.45, 2.75) is 0 Å². The molecule has 0 heterocycles. The summed E-state index contributed by atoms with van der Waals surface area (Å²) in [7, 11) is 0. The van der Waals surface area contributed by atoms with E-state index in [9.17, 15) is 0 Å². The molecular formula is H5Al3BaO6. The van der Waals surface area contributed by atoms with E-state index in [0.717, 1.165) is 0 Å². The van der Waals surface area contributed by atoms with Crippen LogP contribution in [0.4, 0.5) is 0 Å². The maximum atomic E-state index is 8.57. The minimum absolute atomic E-state index is 0. The van der Waals surface area contributed by atoms with Crippen LogP contribution in [0.25, 0.3) is 0 Å². The molecule has 0 radical (unpaired) electrons. The average Bonchev–Trinajstić information content (AvgIpc) is 1.70. The molecule has 0 aromatic carbocycles. The summed E-state index contributed by atoms with van der Waals surface area (Å²) in [5.41, 5.74) is 0. The summed E-state index contributed by atoms with van der Waals surface area (Å²) >= 11 is -4.50. The Morgan fingerprint density at radius 1 is 0.800 bits per heavy atom. The fourth-order valence-corrected chi connectivity index (χ4v) is 0. The van der Waals surface area contributed by atoms with Crippen LogP contribution in [-0.2, 0) is 11.4 Å². The number of hydrogen-bond donors (Lipinski definition) is 3.